The second-order valence-electron chi connectivity index (χ2n) is 7.54. The fourth-order valence-electron chi connectivity index (χ4n) is 4.23. The molecular formula is C21H24Cl2N2O3. The number of benzene rings is 1. The van der Waals surface area contributed by atoms with Crippen LogP contribution >= 0.6 is 23.2 Å². The molecule has 0 bridgehead atoms. The van der Waals surface area contributed by atoms with Gasteiger partial charge in [0.05, 0.1) is 22.5 Å². The predicted octanol–water partition coefficient (Wildman–Crippen LogP) is 3.84. The van der Waals surface area contributed by atoms with Gasteiger partial charge in [0.25, 0.3) is 0 Å². The second-order valence-corrected chi connectivity index (χ2v) is 8.35. The Morgan fingerprint density at radius 2 is 1.93 bits per heavy atom. The molecule has 0 radical (unpaired) electrons. The van der Waals surface area contributed by atoms with Crippen LogP contribution in [0.15, 0.2) is 28.7 Å². The molecule has 0 saturated carbocycles. The highest BCUT2D eigenvalue weighted by atomic mass is 35.5. The van der Waals surface area contributed by atoms with Crippen LogP contribution in [0.25, 0.3) is 0 Å². The zero-order valence-corrected chi connectivity index (χ0v) is 17.2. The van der Waals surface area contributed by atoms with E-state index >= 15 is 0 Å². The van der Waals surface area contributed by atoms with E-state index in [1.165, 1.54) is 12.8 Å². The number of amides is 1. The number of aliphatic hydroxyl groups excluding tert-OH is 1. The lowest BCUT2D eigenvalue weighted by atomic mass is 9.97. The number of nitrogens with zero attached hydrogens (tertiary/aromatic N) is 2. The Morgan fingerprint density at radius 3 is 2.64 bits per heavy atom. The van der Waals surface area contributed by atoms with Crippen molar-refractivity contribution in [1.29, 1.82) is 0 Å². The van der Waals surface area contributed by atoms with Crippen molar-refractivity contribution in [3.63, 3.8) is 0 Å². The Balaban J connectivity index is 1.57. The molecule has 4 rings (SSSR count). The fraction of sp³-hybridized carbons (Fsp3) is 0.476. The number of furan rings is 1. The summed E-state index contributed by atoms with van der Waals surface area (Å²) in [6.07, 6.45) is 3.35. The Bertz CT molecular complexity index is 861. The Labute approximate surface area is 174 Å². The molecule has 1 fully saturated rings. The highest BCUT2D eigenvalue weighted by Gasteiger charge is 2.35. The molecule has 2 aliphatic rings. The molecule has 5 nitrogen and oxygen atoms in total. The van der Waals surface area contributed by atoms with E-state index in [-0.39, 0.29) is 25.0 Å². The number of likely N-dealkylation sites (tertiary alicyclic amines) is 1. The number of aliphatic hydroxyl groups is 1. The van der Waals surface area contributed by atoms with Gasteiger partial charge in [-0.15, -0.1) is 0 Å². The molecule has 150 valence electrons. The van der Waals surface area contributed by atoms with Gasteiger partial charge in [0.2, 0.25) is 5.91 Å². The van der Waals surface area contributed by atoms with Crippen molar-refractivity contribution in [2.45, 2.75) is 38.3 Å². The Kier molecular flexibility index (Phi) is 5.97. The van der Waals surface area contributed by atoms with E-state index < -0.39 is 0 Å². The molecule has 3 heterocycles. The van der Waals surface area contributed by atoms with Gasteiger partial charge in [-0.2, -0.15) is 0 Å². The van der Waals surface area contributed by atoms with Crippen LogP contribution in [0, 0.1) is 0 Å². The van der Waals surface area contributed by atoms with Crippen molar-refractivity contribution in [2.75, 3.05) is 26.2 Å². The number of rotatable bonds is 5. The van der Waals surface area contributed by atoms with E-state index in [2.05, 4.69) is 4.90 Å². The summed E-state index contributed by atoms with van der Waals surface area (Å²) in [7, 11) is 0. The Morgan fingerprint density at radius 1 is 1.14 bits per heavy atom. The summed E-state index contributed by atoms with van der Waals surface area (Å²) in [5.41, 5.74) is 1.89. The topological polar surface area (TPSA) is 56.9 Å². The van der Waals surface area contributed by atoms with Gasteiger partial charge in [-0.1, -0.05) is 29.3 Å². The number of carbonyl (C=O) groups is 1. The lowest BCUT2D eigenvalue weighted by Gasteiger charge is -2.37. The van der Waals surface area contributed by atoms with E-state index in [9.17, 15) is 9.90 Å². The zero-order chi connectivity index (χ0) is 19.7. The first-order valence-corrected chi connectivity index (χ1v) is 10.5. The monoisotopic (exact) mass is 422 g/mol. The minimum atomic E-state index is -0.124. The number of halogens is 2. The summed E-state index contributed by atoms with van der Waals surface area (Å²) in [6.45, 7) is 3.41. The molecule has 1 N–H and O–H groups in total. The van der Waals surface area contributed by atoms with Crippen molar-refractivity contribution in [2.24, 2.45) is 0 Å². The van der Waals surface area contributed by atoms with Gasteiger partial charge in [0.1, 0.15) is 18.1 Å². The van der Waals surface area contributed by atoms with Crippen molar-refractivity contribution in [3.05, 3.63) is 57.0 Å². The third-order valence-corrected chi connectivity index (χ3v) is 6.39. The molecule has 1 amide bonds. The summed E-state index contributed by atoms with van der Waals surface area (Å²) in [6, 6.07) is 7.19. The molecule has 1 aromatic carbocycles. The molecule has 28 heavy (non-hydrogen) atoms. The third kappa shape index (κ3) is 4.08. The van der Waals surface area contributed by atoms with E-state index in [1.807, 2.05) is 17.0 Å². The van der Waals surface area contributed by atoms with Gasteiger partial charge < -0.3 is 19.3 Å². The summed E-state index contributed by atoms with van der Waals surface area (Å²) in [5.74, 6) is 1.53. The highest BCUT2D eigenvalue weighted by molar-refractivity contribution is 6.42. The van der Waals surface area contributed by atoms with Crippen LogP contribution in [-0.4, -0.2) is 47.0 Å². The van der Waals surface area contributed by atoms with Crippen LogP contribution in [0.5, 0.6) is 0 Å². The molecule has 1 atom stereocenters. The largest absolute Gasteiger partial charge is 0.463 e. The predicted molar refractivity (Wildman–Crippen MR) is 109 cm³/mol. The maximum atomic E-state index is 13.2. The van der Waals surface area contributed by atoms with Crippen LogP contribution in [0.1, 0.15) is 41.5 Å². The average molecular weight is 423 g/mol. The number of fused-ring (bicyclic) bond motifs is 1. The van der Waals surface area contributed by atoms with E-state index in [0.29, 0.717) is 28.8 Å². The SMILES string of the molecule is O=C(Cc1ccc(Cl)c(Cl)c1)N1CCc2oc(CO)cc2C1CN1CCCC1. The van der Waals surface area contributed by atoms with Gasteiger partial charge in [-0.3, -0.25) is 4.79 Å². The van der Waals surface area contributed by atoms with Crippen LogP contribution in [0.4, 0.5) is 0 Å². The summed E-state index contributed by atoms with van der Waals surface area (Å²) in [4.78, 5) is 17.6. The molecule has 1 unspecified atom stereocenters. The molecule has 0 aliphatic carbocycles. The lowest BCUT2D eigenvalue weighted by Crippen LogP contribution is -2.45. The van der Waals surface area contributed by atoms with Crippen LogP contribution in [-0.2, 0) is 24.2 Å². The first-order chi connectivity index (χ1) is 13.5. The average Bonchev–Trinajstić information content (AvgIpc) is 3.34. The second kappa shape index (κ2) is 8.46. The minimum absolute atomic E-state index is 0.0545. The standard InChI is InChI=1S/C21H24Cl2N2O3/c22-17-4-3-14(9-18(17)23)10-21(27)25-8-5-20-16(11-15(13-26)28-20)19(25)12-24-6-1-2-7-24/h3-4,9,11,19,26H,1-2,5-8,10,12-13H2. The Hall–Kier alpha value is -1.53. The highest BCUT2D eigenvalue weighted by Crippen LogP contribution is 2.34. The van der Waals surface area contributed by atoms with Crippen molar-refractivity contribution >= 4 is 29.1 Å². The zero-order valence-electron chi connectivity index (χ0n) is 15.7. The molecule has 0 spiro atoms. The van der Waals surface area contributed by atoms with Gasteiger partial charge in [-0.25, -0.2) is 0 Å². The maximum absolute atomic E-state index is 13.2. The van der Waals surface area contributed by atoms with E-state index in [0.717, 1.165) is 36.5 Å². The lowest BCUT2D eigenvalue weighted by molar-refractivity contribution is -0.133. The van der Waals surface area contributed by atoms with Crippen molar-refractivity contribution < 1.29 is 14.3 Å². The van der Waals surface area contributed by atoms with E-state index in [4.69, 9.17) is 27.6 Å². The van der Waals surface area contributed by atoms with Crippen LogP contribution < -0.4 is 0 Å². The summed E-state index contributed by atoms with van der Waals surface area (Å²) >= 11 is 12.1. The first kappa shape index (κ1) is 19.8. The molecule has 1 aromatic heterocycles. The summed E-state index contributed by atoms with van der Waals surface area (Å²) in [5, 5.41) is 10.4. The van der Waals surface area contributed by atoms with Crippen molar-refractivity contribution in [1.82, 2.24) is 9.80 Å². The quantitative estimate of drug-likeness (QED) is 0.794. The number of carbonyl (C=O) groups excluding carboxylic acids is 1. The summed E-state index contributed by atoms with van der Waals surface area (Å²) < 4.78 is 5.79. The van der Waals surface area contributed by atoms with Crippen LogP contribution in [0.3, 0.4) is 0 Å². The number of hydrogen-bond donors (Lipinski definition) is 1. The molecular weight excluding hydrogens is 399 g/mol. The molecule has 2 aliphatic heterocycles. The van der Waals surface area contributed by atoms with Crippen molar-refractivity contribution in [3.8, 4) is 0 Å². The minimum Gasteiger partial charge on any atom is -0.463 e. The van der Waals surface area contributed by atoms with Crippen LogP contribution in [0.2, 0.25) is 10.0 Å². The first-order valence-electron chi connectivity index (χ1n) is 9.73. The molecule has 1 saturated heterocycles. The molecule has 2 aromatic rings. The smallest absolute Gasteiger partial charge is 0.227 e. The number of hydrogen-bond acceptors (Lipinski definition) is 4. The normalized spacial score (nSPS) is 19.8. The van der Waals surface area contributed by atoms with E-state index in [1.54, 1.807) is 12.1 Å². The third-order valence-electron chi connectivity index (χ3n) is 5.65. The van der Waals surface area contributed by atoms with Gasteiger partial charge >= 0.3 is 0 Å². The van der Waals surface area contributed by atoms with Gasteiger partial charge in [-0.05, 0) is 49.7 Å². The fourth-order valence-corrected chi connectivity index (χ4v) is 4.55. The van der Waals surface area contributed by atoms with Gasteiger partial charge in [0, 0.05) is 25.1 Å². The molecule has 7 heteroatoms. The van der Waals surface area contributed by atoms with Gasteiger partial charge in [0.15, 0.2) is 0 Å². The maximum Gasteiger partial charge on any atom is 0.227 e.